The second kappa shape index (κ2) is 5.29. The molecule has 0 aromatic heterocycles. The summed E-state index contributed by atoms with van der Waals surface area (Å²) in [6.45, 7) is 0.535. The van der Waals surface area contributed by atoms with Crippen LogP contribution in [0.2, 0.25) is 0 Å². The van der Waals surface area contributed by atoms with Crippen molar-refractivity contribution in [3.63, 3.8) is 0 Å². The Labute approximate surface area is 94.5 Å². The molecule has 1 aliphatic rings. The number of rotatable bonds is 2. The van der Waals surface area contributed by atoms with E-state index in [1.165, 1.54) is 0 Å². The summed E-state index contributed by atoms with van der Waals surface area (Å²) in [5, 5.41) is 8.43. The van der Waals surface area contributed by atoms with Crippen LogP contribution in [-0.4, -0.2) is 15.6 Å². The molecule has 0 fully saturated rings. The van der Waals surface area contributed by atoms with Gasteiger partial charge in [0.1, 0.15) is 0 Å². The minimum Gasteiger partial charge on any atom is -0.603 e. The van der Waals surface area contributed by atoms with E-state index < -0.39 is 10.2 Å². The Morgan fingerprint density at radius 1 is 1.40 bits per heavy atom. The molecule has 1 aliphatic heterocycles. The third kappa shape index (κ3) is 3.33. The quantitative estimate of drug-likeness (QED) is 0.452. The molecule has 0 saturated carbocycles. The van der Waals surface area contributed by atoms with Gasteiger partial charge < -0.3 is 4.55 Å². The second-order valence-electron chi connectivity index (χ2n) is 2.84. The minimum absolute atomic E-state index is 0.338. The second-order valence-corrected chi connectivity index (χ2v) is 5.85. The van der Waals surface area contributed by atoms with Gasteiger partial charge in [0.2, 0.25) is 5.88 Å². The zero-order valence-electron chi connectivity index (χ0n) is 7.87. The van der Waals surface area contributed by atoms with Crippen LogP contribution in [-0.2, 0) is 16.8 Å². The van der Waals surface area contributed by atoms with Crippen molar-refractivity contribution in [2.75, 3.05) is 5.88 Å². The lowest BCUT2D eigenvalue weighted by Gasteiger charge is -1.94. The standard InChI is InChI=1S/C9H9N3OS2/c13-15-7-10-9(14-15)12-11-6-8-4-2-1-3-5-8/h1-5H,6-7H2. The van der Waals surface area contributed by atoms with Crippen molar-refractivity contribution < 1.29 is 4.55 Å². The van der Waals surface area contributed by atoms with E-state index in [0.717, 1.165) is 16.4 Å². The first kappa shape index (κ1) is 10.7. The fourth-order valence-electron chi connectivity index (χ4n) is 1.05. The third-order valence-corrected chi connectivity index (χ3v) is 3.93. The molecule has 4 nitrogen and oxygen atoms in total. The Balaban J connectivity index is 1.86. The normalized spacial score (nSPS) is 20.9. The SMILES string of the molecule is [O-][S+]1CN=C(N=NCc2ccccc2)S1. The van der Waals surface area contributed by atoms with Gasteiger partial charge in [0.05, 0.1) is 16.8 Å². The molecule has 2 rings (SSSR count). The van der Waals surface area contributed by atoms with Crippen LogP contribution in [0.25, 0.3) is 0 Å². The van der Waals surface area contributed by atoms with Gasteiger partial charge in [0, 0.05) is 0 Å². The van der Waals surface area contributed by atoms with Gasteiger partial charge in [-0.2, -0.15) is 5.11 Å². The summed E-state index contributed by atoms with van der Waals surface area (Å²) in [5.41, 5.74) is 1.10. The molecule has 0 bridgehead atoms. The van der Waals surface area contributed by atoms with Crippen LogP contribution >= 0.6 is 10.8 Å². The molecule has 1 atom stereocenters. The summed E-state index contributed by atoms with van der Waals surface area (Å²) in [5.74, 6) is 0.338. The topological polar surface area (TPSA) is 60.1 Å². The zero-order chi connectivity index (χ0) is 10.5. The molecule has 0 aliphatic carbocycles. The number of amidine groups is 1. The van der Waals surface area contributed by atoms with Crippen molar-refractivity contribution in [2.45, 2.75) is 6.54 Å². The monoisotopic (exact) mass is 239 g/mol. The Hall–Kier alpha value is -0.850. The summed E-state index contributed by atoms with van der Waals surface area (Å²) in [7, 11) is 0.221. The predicted molar refractivity (Wildman–Crippen MR) is 63.0 cm³/mol. The van der Waals surface area contributed by atoms with E-state index in [-0.39, 0.29) is 0 Å². The molecule has 1 heterocycles. The molecule has 1 aromatic carbocycles. The van der Waals surface area contributed by atoms with Gasteiger partial charge in [-0.1, -0.05) is 30.3 Å². The number of hydrogen-bond donors (Lipinski definition) is 0. The molecule has 0 saturated heterocycles. The van der Waals surface area contributed by atoms with Crippen molar-refractivity contribution in [1.29, 1.82) is 0 Å². The number of benzene rings is 1. The fraction of sp³-hybridized carbons (Fsp3) is 0.222. The maximum atomic E-state index is 10.9. The molecule has 0 spiro atoms. The number of azo groups is 1. The van der Waals surface area contributed by atoms with Crippen molar-refractivity contribution in [3.05, 3.63) is 35.9 Å². The van der Waals surface area contributed by atoms with E-state index in [2.05, 4.69) is 15.2 Å². The zero-order valence-corrected chi connectivity index (χ0v) is 9.50. The van der Waals surface area contributed by atoms with Crippen LogP contribution in [0, 0.1) is 0 Å². The predicted octanol–water partition coefficient (Wildman–Crippen LogP) is 2.36. The van der Waals surface area contributed by atoms with E-state index in [1.54, 1.807) is 0 Å². The number of hydrogen-bond acceptors (Lipinski definition) is 5. The lowest BCUT2D eigenvalue weighted by Crippen LogP contribution is -1.90. The van der Waals surface area contributed by atoms with Crippen LogP contribution in [0.4, 0.5) is 0 Å². The molecular formula is C9H9N3OS2. The van der Waals surface area contributed by atoms with Crippen LogP contribution < -0.4 is 0 Å². The molecule has 6 heteroatoms. The highest BCUT2D eigenvalue weighted by Gasteiger charge is 2.21. The highest BCUT2D eigenvalue weighted by molar-refractivity contribution is 8.78. The third-order valence-electron chi connectivity index (χ3n) is 1.73. The average Bonchev–Trinajstić information content (AvgIpc) is 2.66. The van der Waals surface area contributed by atoms with E-state index in [1.807, 2.05) is 30.3 Å². The minimum atomic E-state index is -0.942. The van der Waals surface area contributed by atoms with Gasteiger partial charge in [-0.3, -0.25) is 0 Å². The summed E-state index contributed by atoms with van der Waals surface area (Å²) >= 11 is 0. The maximum absolute atomic E-state index is 10.9. The number of aliphatic imine (C=N–C) groups is 1. The summed E-state index contributed by atoms with van der Waals surface area (Å²) in [6.07, 6.45) is 0. The Kier molecular flexibility index (Phi) is 3.76. The summed E-state index contributed by atoms with van der Waals surface area (Å²) in [6, 6.07) is 9.85. The first-order chi connectivity index (χ1) is 7.34. The Morgan fingerprint density at radius 3 is 2.87 bits per heavy atom. The lowest BCUT2D eigenvalue weighted by molar-refractivity contribution is 0.610. The lowest BCUT2D eigenvalue weighted by atomic mass is 10.2. The molecule has 15 heavy (non-hydrogen) atoms. The van der Waals surface area contributed by atoms with E-state index in [4.69, 9.17) is 0 Å². The van der Waals surface area contributed by atoms with Crippen LogP contribution in [0.1, 0.15) is 5.56 Å². The fourth-order valence-corrected chi connectivity index (χ4v) is 2.86. The smallest absolute Gasteiger partial charge is 0.260 e. The molecule has 78 valence electrons. The van der Waals surface area contributed by atoms with Gasteiger partial charge in [0.25, 0.3) is 5.17 Å². The molecule has 1 aromatic rings. The molecule has 0 radical (unpaired) electrons. The van der Waals surface area contributed by atoms with Gasteiger partial charge in [0.15, 0.2) is 10.8 Å². The van der Waals surface area contributed by atoms with E-state index >= 15 is 0 Å². The average molecular weight is 239 g/mol. The Bertz CT molecular complexity index is 380. The largest absolute Gasteiger partial charge is 0.603 e. The number of nitrogens with zero attached hydrogens (tertiary/aromatic N) is 3. The summed E-state index contributed by atoms with van der Waals surface area (Å²) in [4.78, 5) is 3.97. The summed E-state index contributed by atoms with van der Waals surface area (Å²) < 4.78 is 10.9. The van der Waals surface area contributed by atoms with Crippen molar-refractivity contribution in [1.82, 2.24) is 0 Å². The van der Waals surface area contributed by atoms with Gasteiger partial charge in [-0.15, -0.1) is 5.11 Å². The Morgan fingerprint density at radius 2 is 2.20 bits per heavy atom. The molecule has 1 unspecified atom stereocenters. The first-order valence-corrected chi connectivity index (χ1v) is 7.02. The maximum Gasteiger partial charge on any atom is 0.260 e. The van der Waals surface area contributed by atoms with E-state index in [9.17, 15) is 4.55 Å². The van der Waals surface area contributed by atoms with Gasteiger partial charge in [-0.05, 0) is 5.56 Å². The van der Waals surface area contributed by atoms with Crippen molar-refractivity contribution >= 4 is 26.2 Å². The van der Waals surface area contributed by atoms with Gasteiger partial charge >= 0.3 is 0 Å². The van der Waals surface area contributed by atoms with Crippen LogP contribution in [0.15, 0.2) is 45.6 Å². The first-order valence-electron chi connectivity index (χ1n) is 4.37. The highest BCUT2D eigenvalue weighted by Crippen LogP contribution is 2.23. The van der Waals surface area contributed by atoms with Crippen molar-refractivity contribution in [3.8, 4) is 0 Å². The molecule has 0 N–H and O–H groups in total. The van der Waals surface area contributed by atoms with Crippen molar-refractivity contribution in [2.24, 2.45) is 15.2 Å². The van der Waals surface area contributed by atoms with Gasteiger partial charge in [-0.25, -0.2) is 4.99 Å². The molecule has 0 amide bonds. The molecular weight excluding hydrogens is 230 g/mol. The highest BCUT2D eigenvalue weighted by atomic mass is 33.1. The van der Waals surface area contributed by atoms with E-state index in [0.29, 0.717) is 17.6 Å². The van der Waals surface area contributed by atoms with Crippen LogP contribution in [0.5, 0.6) is 0 Å². The van der Waals surface area contributed by atoms with Crippen LogP contribution in [0.3, 0.4) is 0 Å².